The summed E-state index contributed by atoms with van der Waals surface area (Å²) in [6.45, 7) is 15.9. The number of hydrogen-bond donors (Lipinski definition) is 1. The van der Waals surface area contributed by atoms with E-state index in [9.17, 15) is 0 Å². The number of anilines is 1. The van der Waals surface area contributed by atoms with E-state index in [1.54, 1.807) is 6.07 Å². The molecule has 0 spiro atoms. The summed E-state index contributed by atoms with van der Waals surface area (Å²) in [6, 6.07) is 10.6. The molecule has 2 aliphatic rings. The molecule has 8 nitrogen and oxygen atoms in total. The molecule has 214 valence electrons. The first-order valence-electron chi connectivity index (χ1n) is 13.9. The molecular formula is C31H46CaN7O-. The van der Waals surface area contributed by atoms with Gasteiger partial charge in [0.1, 0.15) is 11.6 Å². The Balaban J connectivity index is 0.00000153. The summed E-state index contributed by atoms with van der Waals surface area (Å²) in [4.78, 5) is 17.2. The standard InChI is InChI=1S/C29H42N6.C2H3N.Ca.H2O/c1-6-7-12-27(24-11-9-8-10-22(24)2)35-18-15-25-26(21-35)31-28(14-13-23(3)33(4)5)32-29(25)34-19-16-30-17-20-34;1-2-3;;/h8-12,23,30H,3-4,6-7,13-21H2,1-2,5H3;1H3;;1H2/q-2;;+2;/p-1/b27-12+;;;. The molecule has 0 aliphatic carbocycles. The van der Waals surface area contributed by atoms with Gasteiger partial charge in [0.2, 0.25) is 0 Å². The van der Waals surface area contributed by atoms with E-state index >= 15 is 0 Å². The number of hydrogen-bond acceptors (Lipinski definition) is 8. The van der Waals surface area contributed by atoms with Crippen molar-refractivity contribution < 1.29 is 5.48 Å². The third-order valence-electron chi connectivity index (χ3n) is 7.22. The van der Waals surface area contributed by atoms with Crippen molar-refractivity contribution in [2.45, 2.75) is 65.5 Å². The van der Waals surface area contributed by atoms with Crippen LogP contribution < -0.4 is 10.2 Å². The van der Waals surface area contributed by atoms with Gasteiger partial charge < -0.3 is 32.4 Å². The summed E-state index contributed by atoms with van der Waals surface area (Å²) in [5.41, 5.74) is 6.53. The Morgan fingerprint density at radius 3 is 2.52 bits per heavy atom. The van der Waals surface area contributed by atoms with E-state index in [1.807, 2.05) is 11.9 Å². The summed E-state index contributed by atoms with van der Waals surface area (Å²) in [5.74, 6) is 2.09. The predicted molar refractivity (Wildman–Crippen MR) is 165 cm³/mol. The van der Waals surface area contributed by atoms with Crippen molar-refractivity contribution in [3.05, 3.63) is 72.5 Å². The Morgan fingerprint density at radius 2 is 1.90 bits per heavy atom. The van der Waals surface area contributed by atoms with Gasteiger partial charge in [-0.3, -0.25) is 7.05 Å². The summed E-state index contributed by atoms with van der Waals surface area (Å²) >= 11 is 0. The number of rotatable bonds is 9. The second-order valence-corrected chi connectivity index (χ2v) is 10.2. The number of benzene rings is 1. The van der Waals surface area contributed by atoms with Crippen LogP contribution in [0.15, 0.2) is 30.3 Å². The molecule has 0 amide bonds. The van der Waals surface area contributed by atoms with Gasteiger partial charge in [-0.05, 0) is 32.4 Å². The van der Waals surface area contributed by atoms with Crippen LogP contribution in [0.2, 0.25) is 0 Å². The molecule has 1 atom stereocenters. The van der Waals surface area contributed by atoms with Gasteiger partial charge in [-0.2, -0.15) is 5.26 Å². The minimum absolute atomic E-state index is 0. The maximum Gasteiger partial charge on any atom is 2.00 e. The fourth-order valence-electron chi connectivity index (χ4n) is 4.98. The number of nitriles is 1. The summed E-state index contributed by atoms with van der Waals surface area (Å²) in [5, 5.41) is 10.8. The largest absolute Gasteiger partial charge is 2.00 e. The second-order valence-electron chi connectivity index (χ2n) is 10.2. The van der Waals surface area contributed by atoms with Crippen molar-refractivity contribution in [3.63, 3.8) is 0 Å². The topological polar surface area (TPSA) is 101 Å². The molecule has 1 aromatic carbocycles. The van der Waals surface area contributed by atoms with Crippen molar-refractivity contribution in [1.82, 2.24) is 25.1 Å². The number of allylic oxidation sites excluding steroid dienone is 1. The van der Waals surface area contributed by atoms with Crippen LogP contribution in [0, 0.1) is 32.2 Å². The summed E-state index contributed by atoms with van der Waals surface area (Å²) in [7, 11) is 5.98. The van der Waals surface area contributed by atoms with Crippen LogP contribution in [-0.2, 0) is 19.4 Å². The van der Waals surface area contributed by atoms with Gasteiger partial charge in [-0.15, -0.1) is 6.04 Å². The Labute approximate surface area is 272 Å². The molecule has 1 unspecified atom stereocenters. The van der Waals surface area contributed by atoms with E-state index in [-0.39, 0.29) is 49.3 Å². The molecule has 1 aromatic heterocycles. The monoisotopic (exact) mass is 572 g/mol. The zero-order valence-corrected chi connectivity index (χ0v) is 27.2. The van der Waals surface area contributed by atoms with E-state index in [2.05, 4.69) is 73.3 Å². The smallest absolute Gasteiger partial charge is 0.870 e. The zero-order valence-electron chi connectivity index (χ0n) is 25.0. The van der Waals surface area contributed by atoms with Crippen LogP contribution >= 0.6 is 0 Å². The van der Waals surface area contributed by atoms with Crippen molar-refractivity contribution in [2.24, 2.45) is 0 Å². The van der Waals surface area contributed by atoms with Crippen molar-refractivity contribution in [3.8, 4) is 6.07 Å². The zero-order chi connectivity index (χ0) is 27.5. The van der Waals surface area contributed by atoms with Gasteiger partial charge >= 0.3 is 37.7 Å². The molecule has 0 bridgehead atoms. The normalized spacial score (nSPS) is 15.6. The second kappa shape index (κ2) is 18.7. The first-order valence-corrected chi connectivity index (χ1v) is 13.9. The number of aromatic nitrogens is 2. The average Bonchev–Trinajstić information content (AvgIpc) is 2.93. The van der Waals surface area contributed by atoms with Crippen LogP contribution in [0.3, 0.4) is 0 Å². The third-order valence-corrected chi connectivity index (χ3v) is 7.22. The molecule has 2 aliphatic heterocycles. The third kappa shape index (κ3) is 9.97. The number of unbranched alkanes of at least 4 members (excludes halogenated alkanes) is 1. The molecule has 40 heavy (non-hydrogen) atoms. The minimum Gasteiger partial charge on any atom is -0.870 e. The van der Waals surface area contributed by atoms with E-state index < -0.39 is 0 Å². The van der Waals surface area contributed by atoms with Crippen molar-refractivity contribution >= 4 is 49.3 Å². The molecule has 0 saturated carbocycles. The van der Waals surface area contributed by atoms with Crippen LogP contribution in [0.25, 0.3) is 5.70 Å². The van der Waals surface area contributed by atoms with E-state index in [0.717, 1.165) is 83.0 Å². The van der Waals surface area contributed by atoms with Gasteiger partial charge in [0.25, 0.3) is 0 Å². The Bertz CT molecular complexity index is 1110. The first kappa shape index (κ1) is 36.3. The maximum atomic E-state index is 7.32. The Morgan fingerprint density at radius 1 is 1.23 bits per heavy atom. The number of piperazine rings is 1. The number of aryl methyl sites for hydroxylation is 2. The minimum atomic E-state index is 0. The molecule has 1 saturated heterocycles. The molecule has 2 N–H and O–H groups in total. The molecular weight excluding hydrogens is 526 g/mol. The fraction of sp³-hybridized carbons (Fsp3) is 0.516. The average molecular weight is 573 g/mol. The maximum absolute atomic E-state index is 7.32. The fourth-order valence-corrected chi connectivity index (χ4v) is 4.98. The Hall–Kier alpha value is -1.73. The number of nitrogens with zero attached hydrogens (tertiary/aromatic N) is 6. The van der Waals surface area contributed by atoms with Crippen molar-refractivity contribution in [1.29, 1.82) is 5.26 Å². The van der Waals surface area contributed by atoms with Crippen LogP contribution in [-0.4, -0.2) is 109 Å². The molecule has 3 heterocycles. The molecule has 9 heteroatoms. The van der Waals surface area contributed by atoms with Gasteiger partial charge in [0, 0.05) is 62.9 Å². The summed E-state index contributed by atoms with van der Waals surface area (Å²) < 4.78 is 0. The van der Waals surface area contributed by atoms with Gasteiger partial charge in [-0.1, -0.05) is 50.1 Å². The summed E-state index contributed by atoms with van der Waals surface area (Å²) in [6.07, 6.45) is 7.34. The van der Waals surface area contributed by atoms with Crippen LogP contribution in [0.5, 0.6) is 0 Å². The number of nitrogens with one attached hydrogen (secondary N) is 1. The van der Waals surface area contributed by atoms with E-state index in [0.29, 0.717) is 0 Å². The quantitative estimate of drug-likeness (QED) is 0.352. The van der Waals surface area contributed by atoms with Gasteiger partial charge in [0.05, 0.1) is 18.3 Å². The number of fused-ring (bicyclic) bond motifs is 1. The van der Waals surface area contributed by atoms with E-state index in [1.165, 1.54) is 35.0 Å². The molecule has 4 rings (SSSR count). The van der Waals surface area contributed by atoms with Crippen molar-refractivity contribution in [2.75, 3.05) is 44.7 Å². The molecule has 1 fully saturated rings. The molecule has 0 radical (unpaired) electrons. The van der Waals surface area contributed by atoms with Gasteiger partial charge in [-0.25, -0.2) is 9.97 Å². The predicted octanol–water partition coefficient (Wildman–Crippen LogP) is 4.22. The SMILES string of the molecule is CC#N.[CH2-]C(CCc1nc2c(c(N3CCNCC3)n1)CCN(/C(=C/CCC)c1ccccc1C)C2)N([CH2-])C.[Ca+2].[OH-]. The Kier molecular flexibility index (Phi) is 16.9. The van der Waals surface area contributed by atoms with E-state index in [4.69, 9.17) is 15.2 Å². The van der Waals surface area contributed by atoms with Gasteiger partial charge in [0.15, 0.2) is 0 Å². The van der Waals surface area contributed by atoms with Crippen LogP contribution in [0.1, 0.15) is 61.3 Å². The van der Waals surface area contributed by atoms with Crippen LogP contribution in [0.4, 0.5) is 5.82 Å². The molecule has 2 aromatic rings. The first-order chi connectivity index (χ1) is 18.4.